The summed E-state index contributed by atoms with van der Waals surface area (Å²) in [5.41, 5.74) is 5.28. The smallest absolute Gasteiger partial charge is 0.150 e. The fourth-order valence-corrected chi connectivity index (χ4v) is 5.37. The summed E-state index contributed by atoms with van der Waals surface area (Å²) in [7, 11) is 0. The van der Waals surface area contributed by atoms with Gasteiger partial charge < -0.3 is 14.6 Å². The van der Waals surface area contributed by atoms with E-state index in [4.69, 9.17) is 9.47 Å². The van der Waals surface area contributed by atoms with Crippen LogP contribution < -0.4 is 9.47 Å². The standard InChI is InChI=1S/C30H32BrNO3/c1-19-14-15-32(17-19)20(2)18-34-26-11-6-23(7-12-26)30-29(22-4-8-24(31)9-5-22)21(3)27-16-25(33)10-13-28(27)35-30/h4-13,16,19-20,30,33H,14-15,17-18H2,1-3H3/t19-,20+,30?/m1/s1. The fourth-order valence-electron chi connectivity index (χ4n) is 5.10. The molecule has 1 fully saturated rings. The summed E-state index contributed by atoms with van der Waals surface area (Å²) in [6.45, 7) is 9.67. The van der Waals surface area contributed by atoms with Gasteiger partial charge in [-0.1, -0.05) is 47.1 Å². The van der Waals surface area contributed by atoms with Crippen LogP contribution in [0.15, 0.2) is 71.2 Å². The van der Waals surface area contributed by atoms with E-state index in [1.54, 1.807) is 12.1 Å². The molecule has 5 rings (SSSR count). The van der Waals surface area contributed by atoms with Crippen LogP contribution in [0.1, 0.15) is 50.0 Å². The van der Waals surface area contributed by atoms with Gasteiger partial charge in [-0.3, -0.25) is 4.90 Å². The zero-order chi connectivity index (χ0) is 24.5. The molecule has 2 heterocycles. The van der Waals surface area contributed by atoms with Crippen LogP contribution in [0.3, 0.4) is 0 Å². The molecule has 35 heavy (non-hydrogen) atoms. The molecule has 0 amide bonds. The summed E-state index contributed by atoms with van der Waals surface area (Å²) >= 11 is 3.54. The summed E-state index contributed by atoms with van der Waals surface area (Å²) in [5, 5.41) is 10.1. The Morgan fingerprint density at radius 2 is 1.83 bits per heavy atom. The van der Waals surface area contributed by atoms with E-state index in [1.807, 2.05) is 30.3 Å². The Morgan fingerprint density at radius 3 is 2.51 bits per heavy atom. The van der Waals surface area contributed by atoms with Crippen molar-refractivity contribution in [3.05, 3.63) is 87.9 Å². The van der Waals surface area contributed by atoms with Crippen LogP contribution in [0.5, 0.6) is 17.2 Å². The second-order valence-electron chi connectivity index (χ2n) is 9.84. The molecule has 3 aromatic carbocycles. The Hall–Kier alpha value is -2.76. The molecule has 0 spiro atoms. The predicted molar refractivity (Wildman–Crippen MR) is 145 cm³/mol. The number of rotatable bonds is 6. The molecule has 1 unspecified atom stereocenters. The van der Waals surface area contributed by atoms with Crippen molar-refractivity contribution in [3.63, 3.8) is 0 Å². The van der Waals surface area contributed by atoms with Gasteiger partial charge in [-0.05, 0) is 91.9 Å². The number of nitrogens with zero attached hydrogens (tertiary/aromatic N) is 1. The quantitative estimate of drug-likeness (QED) is 0.360. The summed E-state index contributed by atoms with van der Waals surface area (Å²) in [5.74, 6) is 2.66. The van der Waals surface area contributed by atoms with Gasteiger partial charge >= 0.3 is 0 Å². The molecule has 0 radical (unpaired) electrons. The molecule has 2 aliphatic heterocycles. The summed E-state index contributed by atoms with van der Waals surface area (Å²) in [4.78, 5) is 2.52. The third-order valence-electron chi connectivity index (χ3n) is 7.19. The molecule has 3 aromatic rings. The highest BCUT2D eigenvalue weighted by Crippen LogP contribution is 2.47. The van der Waals surface area contributed by atoms with E-state index < -0.39 is 0 Å². The molecule has 1 N–H and O–H groups in total. The maximum atomic E-state index is 10.1. The number of phenols is 1. The largest absolute Gasteiger partial charge is 0.508 e. The molecule has 4 nitrogen and oxygen atoms in total. The highest BCUT2D eigenvalue weighted by atomic mass is 79.9. The predicted octanol–water partition coefficient (Wildman–Crippen LogP) is 7.33. The van der Waals surface area contributed by atoms with Crippen molar-refractivity contribution in [2.75, 3.05) is 19.7 Å². The summed E-state index contributed by atoms with van der Waals surface area (Å²) in [6, 6.07) is 22.3. The minimum atomic E-state index is -0.257. The lowest BCUT2D eigenvalue weighted by molar-refractivity contribution is 0.169. The van der Waals surface area contributed by atoms with Crippen LogP contribution in [0.25, 0.3) is 11.1 Å². The summed E-state index contributed by atoms with van der Waals surface area (Å²) in [6.07, 6.45) is 1.02. The number of phenolic OH excluding ortho intramolecular Hbond substituents is 1. The molecule has 3 atom stereocenters. The number of aromatic hydroxyl groups is 1. The lowest BCUT2D eigenvalue weighted by atomic mass is 9.86. The van der Waals surface area contributed by atoms with E-state index in [0.717, 1.165) is 62.8 Å². The van der Waals surface area contributed by atoms with Gasteiger partial charge in [0.25, 0.3) is 0 Å². The van der Waals surface area contributed by atoms with Crippen molar-refractivity contribution < 1.29 is 14.6 Å². The number of likely N-dealkylation sites (tertiary alicyclic amines) is 1. The third-order valence-corrected chi connectivity index (χ3v) is 7.71. The van der Waals surface area contributed by atoms with Crippen molar-refractivity contribution in [2.24, 2.45) is 5.92 Å². The second kappa shape index (κ2) is 10.1. The maximum Gasteiger partial charge on any atom is 0.150 e. The van der Waals surface area contributed by atoms with Crippen molar-refractivity contribution in [1.29, 1.82) is 0 Å². The van der Waals surface area contributed by atoms with Crippen molar-refractivity contribution in [2.45, 2.75) is 39.3 Å². The van der Waals surface area contributed by atoms with E-state index >= 15 is 0 Å². The van der Waals surface area contributed by atoms with Gasteiger partial charge in [0.2, 0.25) is 0 Å². The van der Waals surface area contributed by atoms with E-state index in [1.165, 1.54) is 6.42 Å². The van der Waals surface area contributed by atoms with Crippen LogP contribution >= 0.6 is 15.9 Å². The van der Waals surface area contributed by atoms with E-state index in [9.17, 15) is 5.11 Å². The lowest BCUT2D eigenvalue weighted by Crippen LogP contribution is -2.35. The second-order valence-corrected chi connectivity index (χ2v) is 10.8. The third kappa shape index (κ3) is 5.12. The Labute approximate surface area is 216 Å². The number of hydrogen-bond donors (Lipinski definition) is 1. The molecule has 2 aliphatic rings. The highest BCUT2D eigenvalue weighted by Gasteiger charge is 2.29. The maximum absolute atomic E-state index is 10.1. The minimum absolute atomic E-state index is 0.236. The normalized spacial score (nSPS) is 20.9. The highest BCUT2D eigenvalue weighted by molar-refractivity contribution is 9.10. The van der Waals surface area contributed by atoms with Gasteiger partial charge in [0.1, 0.15) is 30.0 Å². The zero-order valence-electron chi connectivity index (χ0n) is 20.5. The average Bonchev–Trinajstić information content (AvgIpc) is 3.30. The Bertz CT molecular complexity index is 1220. The van der Waals surface area contributed by atoms with Gasteiger partial charge in [-0.15, -0.1) is 0 Å². The first-order valence-electron chi connectivity index (χ1n) is 12.3. The molecule has 1 saturated heterocycles. The Balaban J connectivity index is 1.40. The van der Waals surface area contributed by atoms with Gasteiger partial charge in [0.15, 0.2) is 0 Å². The molecule has 182 valence electrons. The first-order chi connectivity index (χ1) is 16.9. The van der Waals surface area contributed by atoms with E-state index in [0.29, 0.717) is 12.6 Å². The van der Waals surface area contributed by atoms with Crippen LogP contribution in [-0.2, 0) is 0 Å². The SMILES string of the molecule is CC1=C(c2ccc(Br)cc2)C(c2ccc(OC[C@H](C)N3CC[C@@H](C)C3)cc2)Oc2ccc(O)cc21. The van der Waals surface area contributed by atoms with E-state index in [-0.39, 0.29) is 11.9 Å². The first-order valence-corrected chi connectivity index (χ1v) is 13.1. The van der Waals surface area contributed by atoms with Gasteiger partial charge in [0, 0.05) is 28.2 Å². The van der Waals surface area contributed by atoms with Crippen LogP contribution in [-0.4, -0.2) is 35.7 Å². The van der Waals surface area contributed by atoms with Crippen LogP contribution in [0, 0.1) is 5.92 Å². The van der Waals surface area contributed by atoms with Crippen LogP contribution in [0.4, 0.5) is 0 Å². The number of fused-ring (bicyclic) bond motifs is 1. The number of benzene rings is 3. The first kappa shape index (κ1) is 24.0. The van der Waals surface area contributed by atoms with E-state index in [2.05, 4.69) is 65.9 Å². The zero-order valence-corrected chi connectivity index (χ0v) is 22.1. The molecular weight excluding hydrogens is 502 g/mol. The molecule has 5 heteroatoms. The van der Waals surface area contributed by atoms with Crippen molar-refractivity contribution >= 4 is 27.1 Å². The van der Waals surface area contributed by atoms with Crippen molar-refractivity contribution in [1.82, 2.24) is 4.90 Å². The topological polar surface area (TPSA) is 41.9 Å². The number of halogens is 1. The van der Waals surface area contributed by atoms with Gasteiger partial charge in [-0.25, -0.2) is 0 Å². The average molecular weight is 534 g/mol. The Morgan fingerprint density at radius 1 is 1.09 bits per heavy atom. The molecule has 0 bridgehead atoms. The fraction of sp³-hybridized carbons (Fsp3) is 0.333. The molecular formula is C30H32BrNO3. The minimum Gasteiger partial charge on any atom is -0.508 e. The Kier molecular flexibility index (Phi) is 6.90. The van der Waals surface area contributed by atoms with Gasteiger partial charge in [0.05, 0.1) is 0 Å². The number of hydrogen-bond acceptors (Lipinski definition) is 4. The van der Waals surface area contributed by atoms with Crippen LogP contribution in [0.2, 0.25) is 0 Å². The van der Waals surface area contributed by atoms with Crippen molar-refractivity contribution in [3.8, 4) is 17.2 Å². The summed E-state index contributed by atoms with van der Waals surface area (Å²) < 4.78 is 13.7. The molecule has 0 aromatic heterocycles. The molecule has 0 saturated carbocycles. The lowest BCUT2D eigenvalue weighted by Gasteiger charge is -2.31. The van der Waals surface area contributed by atoms with Gasteiger partial charge in [-0.2, -0.15) is 0 Å². The number of ether oxygens (including phenoxy) is 2. The number of allylic oxidation sites excluding steroid dienone is 1. The molecule has 0 aliphatic carbocycles. The monoisotopic (exact) mass is 533 g/mol.